The first-order valence-electron chi connectivity index (χ1n) is 4.81. The third kappa shape index (κ3) is 3.05. The Morgan fingerprint density at radius 1 is 1.50 bits per heavy atom. The Hall–Kier alpha value is -1.91. The van der Waals surface area contributed by atoms with E-state index in [4.69, 9.17) is 4.74 Å². The molecule has 0 atom stereocenters. The van der Waals surface area contributed by atoms with Crippen LogP contribution in [0.5, 0.6) is 5.88 Å². The molecule has 0 saturated carbocycles. The van der Waals surface area contributed by atoms with Crippen molar-refractivity contribution >= 4 is 12.2 Å². The summed E-state index contributed by atoms with van der Waals surface area (Å²) in [5, 5.41) is 0. The second kappa shape index (κ2) is 5.25. The van der Waals surface area contributed by atoms with E-state index in [0.717, 1.165) is 0 Å². The highest BCUT2D eigenvalue weighted by molar-refractivity contribution is 5.99. The third-order valence-electron chi connectivity index (χ3n) is 1.91. The average molecular weight is 221 g/mol. The lowest BCUT2D eigenvalue weighted by atomic mass is 10.2. The van der Waals surface area contributed by atoms with Gasteiger partial charge in [-0.3, -0.25) is 4.79 Å². The van der Waals surface area contributed by atoms with Gasteiger partial charge in [-0.1, -0.05) is 0 Å². The maximum Gasteiger partial charge on any atom is 0.280 e. The molecule has 0 unspecified atom stereocenters. The average Bonchev–Trinajstić information content (AvgIpc) is 2.25. The van der Waals surface area contributed by atoms with E-state index in [-0.39, 0.29) is 5.91 Å². The van der Waals surface area contributed by atoms with E-state index < -0.39 is 0 Å². The SMILES string of the molecule is COc1ccc(C(=O)N=CN(C)C)c(C)n1. The Morgan fingerprint density at radius 3 is 2.69 bits per heavy atom. The van der Waals surface area contributed by atoms with Crippen molar-refractivity contribution in [3.63, 3.8) is 0 Å². The zero-order valence-electron chi connectivity index (χ0n) is 9.89. The number of carbonyl (C=O) groups excluding carboxylic acids is 1. The molecule has 0 aromatic carbocycles. The van der Waals surface area contributed by atoms with Gasteiger partial charge in [-0.25, -0.2) is 4.98 Å². The number of aromatic nitrogens is 1. The van der Waals surface area contributed by atoms with Crippen molar-refractivity contribution in [2.45, 2.75) is 6.92 Å². The summed E-state index contributed by atoms with van der Waals surface area (Å²) >= 11 is 0. The highest BCUT2D eigenvalue weighted by Gasteiger charge is 2.09. The largest absolute Gasteiger partial charge is 0.481 e. The Kier molecular flexibility index (Phi) is 3.99. The molecule has 5 nitrogen and oxygen atoms in total. The van der Waals surface area contributed by atoms with Gasteiger partial charge >= 0.3 is 0 Å². The molecule has 1 aromatic rings. The summed E-state index contributed by atoms with van der Waals surface area (Å²) in [6.45, 7) is 1.75. The molecule has 0 N–H and O–H groups in total. The van der Waals surface area contributed by atoms with Gasteiger partial charge in [0.2, 0.25) is 5.88 Å². The first-order chi connectivity index (χ1) is 7.54. The molecule has 16 heavy (non-hydrogen) atoms. The predicted octanol–water partition coefficient (Wildman–Crippen LogP) is 1.13. The molecule has 0 aliphatic heterocycles. The van der Waals surface area contributed by atoms with Gasteiger partial charge < -0.3 is 9.64 Å². The van der Waals surface area contributed by atoms with Crippen LogP contribution in [0.4, 0.5) is 0 Å². The summed E-state index contributed by atoms with van der Waals surface area (Å²) in [5.74, 6) is 0.187. The van der Waals surface area contributed by atoms with Crippen molar-refractivity contribution in [3.05, 3.63) is 23.4 Å². The van der Waals surface area contributed by atoms with Gasteiger partial charge in [0.05, 0.1) is 24.7 Å². The van der Waals surface area contributed by atoms with Crippen LogP contribution >= 0.6 is 0 Å². The highest BCUT2D eigenvalue weighted by Crippen LogP contribution is 2.12. The molecule has 1 heterocycles. The molecule has 0 aliphatic carbocycles. The topological polar surface area (TPSA) is 54.8 Å². The van der Waals surface area contributed by atoms with Crippen LogP contribution in [0, 0.1) is 6.92 Å². The van der Waals surface area contributed by atoms with Gasteiger partial charge in [-0.15, -0.1) is 0 Å². The predicted molar refractivity (Wildman–Crippen MR) is 62.0 cm³/mol. The minimum Gasteiger partial charge on any atom is -0.481 e. The number of hydrogen-bond donors (Lipinski definition) is 0. The fourth-order valence-electron chi connectivity index (χ4n) is 1.12. The van der Waals surface area contributed by atoms with Gasteiger partial charge in [0.1, 0.15) is 0 Å². The Balaban J connectivity index is 2.92. The lowest BCUT2D eigenvalue weighted by molar-refractivity contribution is 0.100. The summed E-state index contributed by atoms with van der Waals surface area (Å²) in [7, 11) is 5.14. The minimum atomic E-state index is -0.304. The number of hydrogen-bond acceptors (Lipinski definition) is 3. The van der Waals surface area contributed by atoms with Crippen LogP contribution in [0.15, 0.2) is 17.1 Å². The molecule has 0 aliphatic rings. The summed E-state index contributed by atoms with van der Waals surface area (Å²) in [6.07, 6.45) is 1.46. The van der Waals surface area contributed by atoms with Crippen LogP contribution in [0.1, 0.15) is 16.1 Å². The number of rotatable bonds is 3. The smallest absolute Gasteiger partial charge is 0.280 e. The highest BCUT2D eigenvalue weighted by atomic mass is 16.5. The van der Waals surface area contributed by atoms with Gasteiger partial charge in [0, 0.05) is 20.2 Å². The van der Waals surface area contributed by atoms with Crippen LogP contribution < -0.4 is 4.74 Å². The molecule has 1 aromatic heterocycles. The first-order valence-corrected chi connectivity index (χ1v) is 4.81. The Bertz CT molecular complexity index is 414. The number of carbonyl (C=O) groups is 1. The van der Waals surface area contributed by atoms with Crippen LogP contribution in [0.25, 0.3) is 0 Å². The molecular weight excluding hydrogens is 206 g/mol. The molecule has 0 saturated heterocycles. The number of ether oxygens (including phenoxy) is 1. The molecule has 5 heteroatoms. The normalized spacial score (nSPS) is 10.5. The monoisotopic (exact) mass is 221 g/mol. The summed E-state index contributed by atoms with van der Waals surface area (Å²) in [6, 6.07) is 3.31. The number of methoxy groups -OCH3 is 1. The number of aryl methyl sites for hydroxylation is 1. The molecule has 1 rings (SSSR count). The van der Waals surface area contributed by atoms with E-state index in [1.807, 2.05) is 0 Å². The quantitative estimate of drug-likeness (QED) is 0.567. The van der Waals surface area contributed by atoms with Crippen molar-refractivity contribution in [1.82, 2.24) is 9.88 Å². The fourth-order valence-corrected chi connectivity index (χ4v) is 1.12. The summed E-state index contributed by atoms with van der Waals surface area (Å²) in [4.78, 5) is 21.3. The molecule has 0 fully saturated rings. The zero-order chi connectivity index (χ0) is 12.1. The standard InChI is InChI=1S/C11H15N3O2/c1-8-9(5-6-10(13-8)16-4)11(15)12-7-14(2)3/h5-7H,1-4H3. The molecule has 86 valence electrons. The van der Waals surface area contributed by atoms with Crippen LogP contribution in [-0.2, 0) is 0 Å². The minimum absolute atomic E-state index is 0.304. The van der Waals surface area contributed by atoms with Crippen molar-refractivity contribution < 1.29 is 9.53 Å². The van der Waals surface area contributed by atoms with E-state index in [2.05, 4.69) is 9.98 Å². The van der Waals surface area contributed by atoms with E-state index in [9.17, 15) is 4.79 Å². The van der Waals surface area contributed by atoms with Gasteiger partial charge in [-0.05, 0) is 13.0 Å². The molecule has 0 radical (unpaired) electrons. The van der Waals surface area contributed by atoms with E-state index in [1.165, 1.54) is 13.4 Å². The van der Waals surface area contributed by atoms with E-state index >= 15 is 0 Å². The number of amides is 1. The number of pyridine rings is 1. The molecule has 0 bridgehead atoms. The number of aliphatic imine (C=N–C) groups is 1. The van der Waals surface area contributed by atoms with Gasteiger partial charge in [0.15, 0.2) is 0 Å². The second-order valence-electron chi connectivity index (χ2n) is 3.50. The van der Waals surface area contributed by atoms with Gasteiger partial charge in [0.25, 0.3) is 5.91 Å². The van der Waals surface area contributed by atoms with Crippen LogP contribution in [0.2, 0.25) is 0 Å². The second-order valence-corrected chi connectivity index (χ2v) is 3.50. The lowest BCUT2D eigenvalue weighted by Gasteiger charge is -2.05. The zero-order valence-corrected chi connectivity index (χ0v) is 9.89. The lowest BCUT2D eigenvalue weighted by Crippen LogP contribution is -2.10. The van der Waals surface area contributed by atoms with Crippen molar-refractivity contribution in [3.8, 4) is 5.88 Å². The van der Waals surface area contributed by atoms with Crippen molar-refractivity contribution in [2.24, 2.45) is 4.99 Å². The van der Waals surface area contributed by atoms with E-state index in [0.29, 0.717) is 17.1 Å². The van der Waals surface area contributed by atoms with E-state index in [1.54, 1.807) is 38.1 Å². The molecule has 1 amide bonds. The van der Waals surface area contributed by atoms with Crippen molar-refractivity contribution in [1.29, 1.82) is 0 Å². The fraction of sp³-hybridized carbons (Fsp3) is 0.364. The summed E-state index contributed by atoms with van der Waals surface area (Å²) in [5.41, 5.74) is 1.10. The summed E-state index contributed by atoms with van der Waals surface area (Å²) < 4.78 is 4.96. The maximum atomic E-state index is 11.7. The Labute approximate surface area is 94.8 Å². The third-order valence-corrected chi connectivity index (χ3v) is 1.91. The van der Waals surface area contributed by atoms with Gasteiger partial charge in [-0.2, -0.15) is 4.99 Å². The molecular formula is C11H15N3O2. The van der Waals surface area contributed by atoms with Crippen LogP contribution in [-0.4, -0.2) is 43.3 Å². The van der Waals surface area contributed by atoms with Crippen LogP contribution in [0.3, 0.4) is 0 Å². The number of nitrogens with zero attached hydrogens (tertiary/aromatic N) is 3. The molecule has 0 spiro atoms. The first kappa shape index (κ1) is 12.2. The Morgan fingerprint density at radius 2 is 2.19 bits per heavy atom. The van der Waals surface area contributed by atoms with Crippen molar-refractivity contribution in [2.75, 3.05) is 21.2 Å². The maximum absolute atomic E-state index is 11.7.